The summed E-state index contributed by atoms with van der Waals surface area (Å²) in [6.45, 7) is 1.54. The monoisotopic (exact) mass is 403 g/mol. The Kier molecular flexibility index (Phi) is 5.39. The SMILES string of the molecule is COc1ccccc1NC(=O)[C@H](C)OC(=O)C1c2ccccc2Oc2ccccc21. The number of hydrogen-bond donors (Lipinski definition) is 1. The average molecular weight is 403 g/mol. The predicted octanol–water partition coefficient (Wildman–Crippen LogP) is 4.50. The van der Waals surface area contributed by atoms with E-state index in [2.05, 4.69) is 5.32 Å². The quantitative estimate of drug-likeness (QED) is 0.635. The smallest absolute Gasteiger partial charge is 0.318 e. The molecule has 1 atom stereocenters. The van der Waals surface area contributed by atoms with Crippen LogP contribution < -0.4 is 14.8 Å². The van der Waals surface area contributed by atoms with Gasteiger partial charge >= 0.3 is 5.97 Å². The van der Waals surface area contributed by atoms with Crippen molar-refractivity contribution in [1.82, 2.24) is 0 Å². The van der Waals surface area contributed by atoms with E-state index in [-0.39, 0.29) is 0 Å². The number of esters is 1. The molecule has 3 aromatic rings. The summed E-state index contributed by atoms with van der Waals surface area (Å²) in [5.41, 5.74) is 1.92. The maximum absolute atomic E-state index is 13.1. The Labute approximate surface area is 174 Å². The molecule has 0 radical (unpaired) electrons. The van der Waals surface area contributed by atoms with Gasteiger partial charge in [-0.15, -0.1) is 0 Å². The molecule has 1 heterocycles. The van der Waals surface area contributed by atoms with E-state index in [4.69, 9.17) is 14.2 Å². The minimum absolute atomic E-state index is 0.443. The largest absolute Gasteiger partial charge is 0.495 e. The minimum atomic E-state index is -0.996. The van der Waals surface area contributed by atoms with Crippen LogP contribution in [-0.2, 0) is 14.3 Å². The molecule has 4 rings (SSSR count). The van der Waals surface area contributed by atoms with Gasteiger partial charge in [-0.05, 0) is 31.2 Å². The van der Waals surface area contributed by atoms with Crippen LogP contribution in [0.1, 0.15) is 24.0 Å². The number of hydrogen-bond acceptors (Lipinski definition) is 5. The summed E-state index contributed by atoms with van der Waals surface area (Å²) in [6, 6.07) is 21.7. The van der Waals surface area contributed by atoms with Gasteiger partial charge in [0.25, 0.3) is 5.91 Å². The van der Waals surface area contributed by atoms with E-state index in [0.29, 0.717) is 34.1 Å². The first-order valence-electron chi connectivity index (χ1n) is 9.58. The summed E-state index contributed by atoms with van der Waals surface area (Å²) in [6.07, 6.45) is -0.996. The first-order valence-corrected chi connectivity index (χ1v) is 9.58. The highest BCUT2D eigenvalue weighted by Crippen LogP contribution is 2.44. The highest BCUT2D eigenvalue weighted by atomic mass is 16.5. The van der Waals surface area contributed by atoms with Crippen LogP contribution >= 0.6 is 0 Å². The van der Waals surface area contributed by atoms with Crippen LogP contribution in [0.5, 0.6) is 17.2 Å². The van der Waals surface area contributed by atoms with Gasteiger partial charge in [0.15, 0.2) is 6.10 Å². The number of anilines is 1. The molecule has 0 unspecified atom stereocenters. The highest BCUT2D eigenvalue weighted by Gasteiger charge is 2.35. The number of nitrogens with one attached hydrogen (secondary N) is 1. The fraction of sp³-hybridized carbons (Fsp3) is 0.167. The highest BCUT2D eigenvalue weighted by molar-refractivity contribution is 5.97. The molecule has 1 N–H and O–H groups in total. The number of methoxy groups -OCH3 is 1. The predicted molar refractivity (Wildman–Crippen MR) is 112 cm³/mol. The molecule has 0 spiro atoms. The second-order valence-corrected chi connectivity index (χ2v) is 6.88. The second kappa shape index (κ2) is 8.29. The third kappa shape index (κ3) is 3.72. The van der Waals surface area contributed by atoms with E-state index in [1.807, 2.05) is 48.5 Å². The van der Waals surface area contributed by atoms with Gasteiger partial charge in [0.1, 0.15) is 23.2 Å². The van der Waals surface area contributed by atoms with Gasteiger partial charge in [-0.3, -0.25) is 9.59 Å². The summed E-state index contributed by atoms with van der Waals surface area (Å²) in [7, 11) is 1.52. The van der Waals surface area contributed by atoms with Gasteiger partial charge in [0.2, 0.25) is 0 Å². The van der Waals surface area contributed by atoms with E-state index in [1.165, 1.54) is 7.11 Å². The fourth-order valence-electron chi connectivity index (χ4n) is 3.44. The zero-order valence-corrected chi connectivity index (χ0v) is 16.6. The molecule has 0 bridgehead atoms. The molecule has 1 aliphatic heterocycles. The Morgan fingerprint density at radius 1 is 0.900 bits per heavy atom. The van der Waals surface area contributed by atoms with Crippen LogP contribution in [-0.4, -0.2) is 25.1 Å². The van der Waals surface area contributed by atoms with Gasteiger partial charge in [0.05, 0.1) is 12.8 Å². The maximum Gasteiger partial charge on any atom is 0.318 e. The molecule has 0 fully saturated rings. The number of ether oxygens (including phenoxy) is 3. The average Bonchev–Trinajstić information content (AvgIpc) is 2.77. The van der Waals surface area contributed by atoms with Crippen LogP contribution in [0.2, 0.25) is 0 Å². The molecule has 0 aliphatic carbocycles. The summed E-state index contributed by atoms with van der Waals surface area (Å²) in [5.74, 6) is 0.0974. The van der Waals surface area contributed by atoms with E-state index >= 15 is 0 Å². The molecule has 0 saturated heterocycles. The van der Waals surface area contributed by atoms with E-state index in [0.717, 1.165) is 0 Å². The van der Waals surface area contributed by atoms with Gasteiger partial charge in [-0.2, -0.15) is 0 Å². The topological polar surface area (TPSA) is 73.9 Å². The number of carbonyl (C=O) groups is 2. The summed E-state index contributed by atoms with van der Waals surface area (Å²) in [4.78, 5) is 25.8. The molecule has 30 heavy (non-hydrogen) atoms. The van der Waals surface area contributed by atoms with Crippen LogP contribution in [0.4, 0.5) is 5.69 Å². The normalized spacial score (nSPS) is 13.3. The van der Waals surface area contributed by atoms with Crippen molar-refractivity contribution >= 4 is 17.6 Å². The van der Waals surface area contributed by atoms with Crippen molar-refractivity contribution in [2.45, 2.75) is 18.9 Å². The lowest BCUT2D eigenvalue weighted by molar-refractivity contribution is -0.153. The summed E-state index contributed by atoms with van der Waals surface area (Å²) >= 11 is 0. The maximum atomic E-state index is 13.1. The molecule has 6 heteroatoms. The van der Waals surface area contributed by atoms with Crippen LogP contribution in [0.25, 0.3) is 0 Å². The molecule has 152 valence electrons. The Morgan fingerprint density at radius 2 is 1.47 bits per heavy atom. The number of rotatable bonds is 5. The van der Waals surface area contributed by atoms with Crippen molar-refractivity contribution in [3.05, 3.63) is 83.9 Å². The third-order valence-corrected chi connectivity index (χ3v) is 4.94. The van der Waals surface area contributed by atoms with Crippen molar-refractivity contribution in [3.63, 3.8) is 0 Å². The van der Waals surface area contributed by atoms with Crippen molar-refractivity contribution in [1.29, 1.82) is 0 Å². The lowest BCUT2D eigenvalue weighted by Crippen LogP contribution is -2.32. The van der Waals surface area contributed by atoms with Gasteiger partial charge in [-0.1, -0.05) is 48.5 Å². The number of benzene rings is 3. The molecular formula is C24H21NO5. The third-order valence-electron chi connectivity index (χ3n) is 4.94. The zero-order chi connectivity index (χ0) is 21.1. The van der Waals surface area contributed by atoms with Gasteiger partial charge in [-0.25, -0.2) is 0 Å². The molecule has 3 aromatic carbocycles. The van der Waals surface area contributed by atoms with Gasteiger partial charge < -0.3 is 19.5 Å². The molecule has 6 nitrogen and oxygen atoms in total. The molecule has 1 aliphatic rings. The number of fused-ring (bicyclic) bond motifs is 2. The summed E-state index contributed by atoms with van der Waals surface area (Å²) in [5, 5.41) is 2.74. The van der Waals surface area contributed by atoms with Crippen molar-refractivity contribution in [2.24, 2.45) is 0 Å². The Bertz CT molecular complexity index is 1050. The Balaban J connectivity index is 1.54. The Hall–Kier alpha value is -3.80. The molecular weight excluding hydrogens is 382 g/mol. The fourth-order valence-corrected chi connectivity index (χ4v) is 3.44. The van der Waals surface area contributed by atoms with E-state index in [1.54, 1.807) is 31.2 Å². The van der Waals surface area contributed by atoms with E-state index < -0.39 is 23.9 Å². The molecule has 0 saturated carbocycles. The Morgan fingerprint density at radius 3 is 2.10 bits per heavy atom. The molecule has 0 aromatic heterocycles. The van der Waals surface area contributed by atoms with Crippen LogP contribution in [0.3, 0.4) is 0 Å². The number of carbonyl (C=O) groups excluding carboxylic acids is 2. The number of amides is 1. The second-order valence-electron chi connectivity index (χ2n) is 6.88. The lowest BCUT2D eigenvalue weighted by atomic mass is 9.88. The van der Waals surface area contributed by atoms with Gasteiger partial charge in [0, 0.05) is 11.1 Å². The first-order chi connectivity index (χ1) is 14.6. The van der Waals surface area contributed by atoms with Crippen molar-refractivity contribution in [2.75, 3.05) is 12.4 Å². The van der Waals surface area contributed by atoms with Crippen molar-refractivity contribution in [3.8, 4) is 17.2 Å². The lowest BCUT2D eigenvalue weighted by Gasteiger charge is -2.27. The molecule has 1 amide bonds. The summed E-state index contributed by atoms with van der Waals surface area (Å²) < 4.78 is 16.7. The first kappa shape index (κ1) is 19.5. The zero-order valence-electron chi connectivity index (χ0n) is 16.6. The van der Waals surface area contributed by atoms with Crippen LogP contribution in [0.15, 0.2) is 72.8 Å². The number of para-hydroxylation sites is 4. The minimum Gasteiger partial charge on any atom is -0.495 e. The van der Waals surface area contributed by atoms with Crippen LogP contribution in [0, 0.1) is 0 Å². The standard InChI is InChI=1S/C24H21NO5/c1-15(23(26)25-18-11-5-8-14-21(18)28-2)29-24(27)22-16-9-3-6-12-19(16)30-20-13-7-4-10-17(20)22/h3-15,22H,1-2H3,(H,25,26)/t15-/m0/s1. The van der Waals surface area contributed by atoms with Crippen molar-refractivity contribution < 1.29 is 23.8 Å². The van der Waals surface area contributed by atoms with E-state index in [9.17, 15) is 9.59 Å².